The Bertz CT molecular complexity index is 1150. The molecule has 2 aliphatic rings. The number of aliphatic carboxylic acids is 1. The van der Waals surface area contributed by atoms with Crippen LogP contribution in [0.1, 0.15) is 48.9 Å². The average Bonchev–Trinajstić information content (AvgIpc) is 2.94. The summed E-state index contributed by atoms with van der Waals surface area (Å²) < 4.78 is 38.1. The topological polar surface area (TPSA) is 117 Å². The predicted octanol–water partition coefficient (Wildman–Crippen LogP) is 3.97. The van der Waals surface area contributed by atoms with Gasteiger partial charge in [0.15, 0.2) is 11.6 Å². The van der Waals surface area contributed by atoms with Crippen molar-refractivity contribution in [3.8, 4) is 11.5 Å². The summed E-state index contributed by atoms with van der Waals surface area (Å²) in [5, 5.41) is 14.7. The minimum absolute atomic E-state index is 0.0263. The van der Waals surface area contributed by atoms with Crippen molar-refractivity contribution in [3.63, 3.8) is 0 Å². The van der Waals surface area contributed by atoms with E-state index in [9.17, 15) is 23.2 Å². The second-order valence-electron chi connectivity index (χ2n) is 9.82. The number of carbonyl (C=O) groups is 3. The molecule has 2 aromatic rings. The highest BCUT2D eigenvalue weighted by Crippen LogP contribution is 2.28. The molecule has 3 amide bonds. The van der Waals surface area contributed by atoms with Gasteiger partial charge in [0, 0.05) is 50.7 Å². The van der Waals surface area contributed by atoms with Crippen molar-refractivity contribution in [2.45, 2.75) is 50.7 Å². The number of halogens is 2. The van der Waals surface area contributed by atoms with Crippen LogP contribution in [0.4, 0.5) is 13.6 Å². The van der Waals surface area contributed by atoms with Crippen molar-refractivity contribution in [2.75, 3.05) is 26.2 Å². The van der Waals surface area contributed by atoms with Gasteiger partial charge in [0.1, 0.15) is 17.6 Å². The van der Waals surface area contributed by atoms with Crippen LogP contribution in [0, 0.1) is 17.6 Å². The van der Waals surface area contributed by atoms with Crippen LogP contribution in [0.2, 0.25) is 0 Å². The van der Waals surface area contributed by atoms with Gasteiger partial charge in [0.2, 0.25) is 0 Å². The van der Waals surface area contributed by atoms with Gasteiger partial charge in [-0.3, -0.25) is 9.59 Å². The van der Waals surface area contributed by atoms with E-state index >= 15 is 0 Å². The van der Waals surface area contributed by atoms with Crippen molar-refractivity contribution in [3.05, 3.63) is 59.7 Å². The summed E-state index contributed by atoms with van der Waals surface area (Å²) in [4.78, 5) is 37.6. The number of nitrogens with one attached hydrogen (secondary N) is 2. The number of benzene rings is 2. The molecule has 0 aromatic heterocycles. The van der Waals surface area contributed by atoms with Crippen LogP contribution in [0.15, 0.2) is 42.5 Å². The van der Waals surface area contributed by atoms with Crippen molar-refractivity contribution in [1.29, 1.82) is 0 Å². The molecule has 9 nitrogen and oxygen atoms in total. The SMILES string of the molecule is O=C(NCCNC(=O)N1CCC(Oc2ccc(F)c(F)c2)CC1)c1ccc(OC2CCC(C(=O)O)CC2)cc1. The molecule has 0 unspecified atom stereocenters. The molecule has 2 aromatic carbocycles. The fourth-order valence-corrected chi connectivity index (χ4v) is 4.78. The van der Waals surface area contributed by atoms with Crippen molar-refractivity contribution in [2.24, 2.45) is 5.92 Å². The lowest BCUT2D eigenvalue weighted by atomic mass is 9.87. The van der Waals surface area contributed by atoms with Crippen LogP contribution in [0.25, 0.3) is 0 Å². The lowest BCUT2D eigenvalue weighted by molar-refractivity contribution is -0.143. The molecule has 2 fully saturated rings. The van der Waals surface area contributed by atoms with E-state index in [2.05, 4.69) is 10.6 Å². The maximum absolute atomic E-state index is 13.4. The number of hydrogen-bond acceptors (Lipinski definition) is 5. The fourth-order valence-electron chi connectivity index (χ4n) is 4.78. The Hall–Kier alpha value is -3.89. The normalized spacial score (nSPS) is 19.7. The van der Waals surface area contributed by atoms with Crippen LogP contribution < -0.4 is 20.1 Å². The van der Waals surface area contributed by atoms with Crippen LogP contribution in [0.5, 0.6) is 11.5 Å². The molecule has 1 aliphatic heterocycles. The summed E-state index contributed by atoms with van der Waals surface area (Å²) in [6, 6.07) is 9.95. The number of hydrogen-bond donors (Lipinski definition) is 3. The third kappa shape index (κ3) is 8.05. The molecule has 0 atom stereocenters. The highest BCUT2D eigenvalue weighted by Gasteiger charge is 2.27. The Morgan fingerprint density at radius 3 is 2.03 bits per heavy atom. The first-order valence-corrected chi connectivity index (χ1v) is 13.2. The van der Waals surface area contributed by atoms with E-state index in [0.717, 1.165) is 12.1 Å². The number of likely N-dealkylation sites (tertiary alicyclic amines) is 1. The van der Waals surface area contributed by atoms with Crippen molar-refractivity contribution >= 4 is 17.9 Å². The van der Waals surface area contributed by atoms with Gasteiger partial charge in [0.25, 0.3) is 5.91 Å². The summed E-state index contributed by atoms with van der Waals surface area (Å²) in [7, 11) is 0. The van der Waals surface area contributed by atoms with E-state index in [1.54, 1.807) is 29.2 Å². The molecular weight excluding hydrogens is 512 g/mol. The molecule has 1 heterocycles. The summed E-state index contributed by atoms with van der Waals surface area (Å²) >= 11 is 0. The second kappa shape index (κ2) is 13.3. The van der Waals surface area contributed by atoms with Gasteiger partial charge in [-0.2, -0.15) is 0 Å². The molecule has 1 saturated heterocycles. The summed E-state index contributed by atoms with van der Waals surface area (Å²) in [5.41, 5.74) is 0.464. The van der Waals surface area contributed by atoms with E-state index in [-0.39, 0.29) is 48.9 Å². The highest BCUT2D eigenvalue weighted by molar-refractivity contribution is 5.94. The predicted molar refractivity (Wildman–Crippen MR) is 138 cm³/mol. The Labute approximate surface area is 225 Å². The number of nitrogens with zero attached hydrogens (tertiary/aromatic N) is 1. The molecule has 11 heteroatoms. The van der Waals surface area contributed by atoms with Crippen LogP contribution in [-0.4, -0.2) is 66.3 Å². The number of rotatable bonds is 9. The van der Waals surface area contributed by atoms with Crippen LogP contribution in [0.3, 0.4) is 0 Å². The number of piperidine rings is 1. The van der Waals surface area contributed by atoms with Gasteiger partial charge in [-0.05, 0) is 62.1 Å². The second-order valence-corrected chi connectivity index (χ2v) is 9.82. The lowest BCUT2D eigenvalue weighted by Gasteiger charge is -2.32. The van der Waals surface area contributed by atoms with Crippen LogP contribution in [-0.2, 0) is 4.79 Å². The minimum atomic E-state index is -0.962. The summed E-state index contributed by atoms with van der Waals surface area (Å²) in [5.74, 6) is -2.32. The molecular formula is C28H33F2N3O6. The van der Waals surface area contributed by atoms with Gasteiger partial charge in [0.05, 0.1) is 12.0 Å². The lowest BCUT2D eigenvalue weighted by Crippen LogP contribution is -2.47. The maximum atomic E-state index is 13.4. The number of carbonyl (C=O) groups excluding carboxylic acids is 2. The molecule has 0 bridgehead atoms. The van der Waals surface area contributed by atoms with Gasteiger partial charge < -0.3 is 30.1 Å². The standard InChI is InChI=1S/C28H33F2N3O6/c29-24-10-9-23(17-25(24)30)39-22-11-15-33(16-12-22)28(37)32-14-13-31-26(34)18-1-5-20(6-2-18)38-21-7-3-19(4-8-21)27(35)36/h1-2,5-6,9-10,17,19,21-22H,3-4,7-8,11-16H2,(H,31,34)(H,32,37)(H,35,36). The zero-order valence-electron chi connectivity index (χ0n) is 21.5. The first kappa shape index (κ1) is 28.1. The van der Waals surface area contributed by atoms with E-state index in [1.807, 2.05) is 0 Å². The molecule has 3 N–H and O–H groups in total. The molecule has 0 spiro atoms. The summed E-state index contributed by atoms with van der Waals surface area (Å²) in [6.45, 7) is 1.44. The first-order valence-electron chi connectivity index (χ1n) is 13.2. The average molecular weight is 546 g/mol. The van der Waals surface area contributed by atoms with Gasteiger partial charge in [-0.1, -0.05) is 0 Å². The quantitative estimate of drug-likeness (QED) is 0.411. The molecule has 0 radical (unpaired) electrons. The Morgan fingerprint density at radius 1 is 0.795 bits per heavy atom. The minimum Gasteiger partial charge on any atom is -0.490 e. The van der Waals surface area contributed by atoms with E-state index < -0.39 is 17.6 Å². The zero-order chi connectivity index (χ0) is 27.8. The maximum Gasteiger partial charge on any atom is 0.317 e. The third-order valence-corrected chi connectivity index (χ3v) is 7.05. The molecule has 210 valence electrons. The number of carboxylic acids is 1. The smallest absolute Gasteiger partial charge is 0.317 e. The molecule has 4 rings (SSSR count). The first-order chi connectivity index (χ1) is 18.8. The summed E-state index contributed by atoms with van der Waals surface area (Å²) in [6.07, 6.45) is 3.48. The van der Waals surface area contributed by atoms with Gasteiger partial charge in [-0.15, -0.1) is 0 Å². The van der Waals surface area contributed by atoms with Crippen LogP contribution >= 0.6 is 0 Å². The van der Waals surface area contributed by atoms with Gasteiger partial charge >= 0.3 is 12.0 Å². The van der Waals surface area contributed by atoms with E-state index in [1.165, 1.54) is 6.07 Å². The van der Waals surface area contributed by atoms with E-state index in [0.29, 0.717) is 62.9 Å². The van der Waals surface area contributed by atoms with Crippen molar-refractivity contribution < 1.29 is 37.7 Å². The molecule has 1 aliphatic carbocycles. The zero-order valence-corrected chi connectivity index (χ0v) is 21.5. The third-order valence-electron chi connectivity index (χ3n) is 7.05. The Morgan fingerprint density at radius 2 is 1.38 bits per heavy atom. The van der Waals surface area contributed by atoms with Crippen molar-refractivity contribution in [1.82, 2.24) is 15.5 Å². The highest BCUT2D eigenvalue weighted by atomic mass is 19.2. The largest absolute Gasteiger partial charge is 0.490 e. The van der Waals surface area contributed by atoms with Gasteiger partial charge in [-0.25, -0.2) is 13.6 Å². The van der Waals surface area contributed by atoms with E-state index in [4.69, 9.17) is 14.6 Å². The Balaban J connectivity index is 1.10. The molecule has 39 heavy (non-hydrogen) atoms. The monoisotopic (exact) mass is 545 g/mol. The molecule has 1 saturated carbocycles. The fraction of sp³-hybridized carbons (Fsp3) is 0.464. The Kier molecular flexibility index (Phi) is 9.56. The number of carboxylic acid groups (broad SMARTS) is 1. The number of amides is 3. The number of ether oxygens (including phenoxy) is 2. The number of urea groups is 1.